The maximum atomic E-state index is 5.36. The van der Waals surface area contributed by atoms with E-state index < -0.39 is 0 Å². The van der Waals surface area contributed by atoms with Crippen molar-refractivity contribution in [3.63, 3.8) is 0 Å². The molecule has 0 amide bonds. The predicted molar refractivity (Wildman–Crippen MR) is 71.0 cm³/mol. The number of nitrogens with one attached hydrogen (secondary N) is 1. The number of aryl methyl sites for hydroxylation is 1. The summed E-state index contributed by atoms with van der Waals surface area (Å²) in [6, 6.07) is 5.38. The van der Waals surface area contributed by atoms with Crippen LogP contribution in [0, 0.1) is 5.92 Å². The van der Waals surface area contributed by atoms with E-state index in [1.54, 1.807) is 6.26 Å². The second kappa shape index (κ2) is 6.25. The Bertz CT molecular complexity index is 299. The van der Waals surface area contributed by atoms with Gasteiger partial charge in [0.1, 0.15) is 5.76 Å². The molecule has 0 radical (unpaired) electrons. The average Bonchev–Trinajstić information content (AvgIpc) is 2.83. The lowest BCUT2D eigenvalue weighted by molar-refractivity contribution is 0.285. The van der Waals surface area contributed by atoms with Gasteiger partial charge in [-0.1, -0.05) is 6.92 Å². The van der Waals surface area contributed by atoms with Crippen LogP contribution in [0.15, 0.2) is 22.8 Å². The highest BCUT2D eigenvalue weighted by Gasteiger charge is 2.19. The molecule has 0 bridgehead atoms. The summed E-state index contributed by atoms with van der Waals surface area (Å²) in [7, 11) is 0. The van der Waals surface area contributed by atoms with Crippen molar-refractivity contribution in [2.24, 2.45) is 5.92 Å². The fourth-order valence-electron chi connectivity index (χ4n) is 2.73. The fourth-order valence-corrected chi connectivity index (χ4v) is 2.73. The SMILES string of the molecule is CC1CCC(NC(C)CCc2ccco2)CC1. The van der Waals surface area contributed by atoms with Crippen molar-refractivity contribution in [1.82, 2.24) is 5.32 Å². The molecule has 1 aromatic rings. The van der Waals surface area contributed by atoms with Gasteiger partial charge in [0.05, 0.1) is 6.26 Å². The van der Waals surface area contributed by atoms with Crippen molar-refractivity contribution in [2.45, 2.75) is 64.5 Å². The topological polar surface area (TPSA) is 25.2 Å². The third-order valence-corrected chi connectivity index (χ3v) is 3.94. The van der Waals surface area contributed by atoms with Crippen LogP contribution < -0.4 is 5.32 Å². The molecule has 2 heteroatoms. The van der Waals surface area contributed by atoms with Crippen molar-refractivity contribution in [1.29, 1.82) is 0 Å². The van der Waals surface area contributed by atoms with Crippen molar-refractivity contribution < 1.29 is 4.42 Å². The van der Waals surface area contributed by atoms with E-state index in [0.717, 1.165) is 24.1 Å². The first-order valence-corrected chi connectivity index (χ1v) is 7.02. The summed E-state index contributed by atoms with van der Waals surface area (Å²) < 4.78 is 5.36. The van der Waals surface area contributed by atoms with E-state index in [2.05, 4.69) is 25.2 Å². The van der Waals surface area contributed by atoms with Crippen LogP contribution in [0.4, 0.5) is 0 Å². The van der Waals surface area contributed by atoms with Crippen molar-refractivity contribution in [2.75, 3.05) is 0 Å². The van der Waals surface area contributed by atoms with E-state index in [-0.39, 0.29) is 0 Å². The second-order valence-electron chi connectivity index (χ2n) is 5.64. The Morgan fingerprint density at radius 3 is 2.76 bits per heavy atom. The quantitative estimate of drug-likeness (QED) is 0.840. The Morgan fingerprint density at radius 2 is 2.12 bits per heavy atom. The van der Waals surface area contributed by atoms with Crippen LogP contribution in [-0.2, 0) is 6.42 Å². The fraction of sp³-hybridized carbons (Fsp3) is 0.733. The van der Waals surface area contributed by atoms with Gasteiger partial charge in [0.2, 0.25) is 0 Å². The van der Waals surface area contributed by atoms with Crippen molar-refractivity contribution >= 4 is 0 Å². The molecule has 1 unspecified atom stereocenters. The van der Waals surface area contributed by atoms with Gasteiger partial charge in [-0.3, -0.25) is 0 Å². The summed E-state index contributed by atoms with van der Waals surface area (Å²) in [5, 5.41) is 3.76. The Balaban J connectivity index is 1.65. The molecule has 17 heavy (non-hydrogen) atoms. The van der Waals surface area contributed by atoms with Crippen LogP contribution in [0.1, 0.15) is 51.7 Å². The van der Waals surface area contributed by atoms with Gasteiger partial charge >= 0.3 is 0 Å². The Kier molecular flexibility index (Phi) is 4.66. The highest BCUT2D eigenvalue weighted by atomic mass is 16.3. The summed E-state index contributed by atoms with van der Waals surface area (Å²) in [5.41, 5.74) is 0. The van der Waals surface area contributed by atoms with Crippen LogP contribution in [0.3, 0.4) is 0 Å². The van der Waals surface area contributed by atoms with Crippen LogP contribution in [0.5, 0.6) is 0 Å². The molecule has 1 N–H and O–H groups in total. The van der Waals surface area contributed by atoms with Gasteiger partial charge in [-0.2, -0.15) is 0 Å². The third-order valence-electron chi connectivity index (χ3n) is 3.94. The monoisotopic (exact) mass is 235 g/mol. The second-order valence-corrected chi connectivity index (χ2v) is 5.64. The molecule has 0 saturated heterocycles. The summed E-state index contributed by atoms with van der Waals surface area (Å²) in [5.74, 6) is 2.04. The molecule has 2 nitrogen and oxygen atoms in total. The largest absolute Gasteiger partial charge is 0.469 e. The lowest BCUT2D eigenvalue weighted by Crippen LogP contribution is -2.39. The normalized spacial score (nSPS) is 26.9. The average molecular weight is 235 g/mol. The zero-order valence-corrected chi connectivity index (χ0v) is 11.1. The summed E-state index contributed by atoms with van der Waals surface area (Å²) in [4.78, 5) is 0. The molecular formula is C15H25NO. The van der Waals surface area contributed by atoms with Gasteiger partial charge < -0.3 is 9.73 Å². The lowest BCUT2D eigenvalue weighted by Gasteiger charge is -2.29. The zero-order chi connectivity index (χ0) is 12.1. The number of hydrogen-bond acceptors (Lipinski definition) is 2. The minimum atomic E-state index is 0.596. The predicted octanol–water partition coefficient (Wildman–Crippen LogP) is 3.77. The first-order chi connectivity index (χ1) is 8.24. The molecule has 0 aliphatic heterocycles. The minimum absolute atomic E-state index is 0.596. The molecule has 1 atom stereocenters. The first-order valence-electron chi connectivity index (χ1n) is 7.02. The van der Waals surface area contributed by atoms with Gasteiger partial charge in [-0.25, -0.2) is 0 Å². The molecule has 0 aromatic carbocycles. The molecule has 1 saturated carbocycles. The summed E-state index contributed by atoms with van der Waals surface area (Å²) >= 11 is 0. The van der Waals surface area contributed by atoms with E-state index in [9.17, 15) is 0 Å². The molecular weight excluding hydrogens is 210 g/mol. The van der Waals surface area contributed by atoms with Gasteiger partial charge in [0.25, 0.3) is 0 Å². The molecule has 1 aliphatic rings. The maximum Gasteiger partial charge on any atom is 0.103 e. The summed E-state index contributed by atoms with van der Waals surface area (Å²) in [6.07, 6.45) is 9.46. The van der Waals surface area contributed by atoms with Crippen molar-refractivity contribution in [3.8, 4) is 0 Å². The number of rotatable bonds is 5. The zero-order valence-electron chi connectivity index (χ0n) is 11.1. The van der Waals surface area contributed by atoms with E-state index in [1.807, 2.05) is 6.07 Å². The lowest BCUT2D eigenvalue weighted by atomic mass is 9.87. The highest BCUT2D eigenvalue weighted by Crippen LogP contribution is 2.24. The Labute approximate surface area is 105 Å². The van der Waals surface area contributed by atoms with Crippen molar-refractivity contribution in [3.05, 3.63) is 24.2 Å². The summed E-state index contributed by atoms with van der Waals surface area (Å²) in [6.45, 7) is 4.66. The maximum absolute atomic E-state index is 5.36. The van der Waals surface area contributed by atoms with Gasteiger partial charge in [-0.05, 0) is 57.1 Å². The molecule has 1 aromatic heterocycles. The standard InChI is InChI=1S/C15H25NO/c1-12-5-8-14(9-6-12)16-13(2)7-10-15-4-3-11-17-15/h3-4,11-14,16H,5-10H2,1-2H3. The molecule has 96 valence electrons. The highest BCUT2D eigenvalue weighted by molar-refractivity contribution is 4.98. The number of hydrogen-bond donors (Lipinski definition) is 1. The molecule has 1 aliphatic carbocycles. The van der Waals surface area contributed by atoms with E-state index in [0.29, 0.717) is 6.04 Å². The molecule has 1 heterocycles. The van der Waals surface area contributed by atoms with Gasteiger partial charge in [-0.15, -0.1) is 0 Å². The van der Waals surface area contributed by atoms with E-state index in [1.165, 1.54) is 32.1 Å². The van der Waals surface area contributed by atoms with Crippen LogP contribution in [0.2, 0.25) is 0 Å². The third kappa shape index (κ3) is 4.19. The van der Waals surface area contributed by atoms with E-state index in [4.69, 9.17) is 4.42 Å². The van der Waals surface area contributed by atoms with Gasteiger partial charge in [0.15, 0.2) is 0 Å². The molecule has 0 spiro atoms. The first kappa shape index (κ1) is 12.7. The minimum Gasteiger partial charge on any atom is -0.469 e. The Morgan fingerprint density at radius 1 is 1.35 bits per heavy atom. The molecule has 1 fully saturated rings. The Hall–Kier alpha value is -0.760. The van der Waals surface area contributed by atoms with Crippen LogP contribution in [0.25, 0.3) is 0 Å². The van der Waals surface area contributed by atoms with Gasteiger partial charge in [0, 0.05) is 18.5 Å². The van der Waals surface area contributed by atoms with Crippen LogP contribution >= 0.6 is 0 Å². The number of furan rings is 1. The van der Waals surface area contributed by atoms with Crippen LogP contribution in [-0.4, -0.2) is 12.1 Å². The van der Waals surface area contributed by atoms with E-state index >= 15 is 0 Å². The molecule has 2 rings (SSSR count). The smallest absolute Gasteiger partial charge is 0.103 e.